The zero-order valence-electron chi connectivity index (χ0n) is 11.6. The van der Waals surface area contributed by atoms with Gasteiger partial charge in [-0.1, -0.05) is 77.8 Å². The largest absolute Gasteiger partial charge is 0.330 e. The lowest BCUT2D eigenvalue weighted by molar-refractivity contribution is 0.460. The molecule has 0 aromatic heterocycles. The SMILES string of the molecule is CCCCCCCCCC(C)CCN.N#CS. The van der Waals surface area contributed by atoms with Gasteiger partial charge >= 0.3 is 0 Å². The Morgan fingerprint density at radius 2 is 1.53 bits per heavy atom. The summed E-state index contributed by atoms with van der Waals surface area (Å²) < 4.78 is 0. The van der Waals surface area contributed by atoms with Gasteiger partial charge in [0.15, 0.2) is 0 Å². The van der Waals surface area contributed by atoms with Crippen molar-refractivity contribution >= 4 is 12.6 Å². The first kappa shape index (κ1) is 19.1. The Labute approximate surface area is 113 Å². The summed E-state index contributed by atoms with van der Waals surface area (Å²) in [6, 6.07) is 0. The van der Waals surface area contributed by atoms with E-state index < -0.39 is 0 Å². The van der Waals surface area contributed by atoms with Gasteiger partial charge in [0, 0.05) is 0 Å². The molecule has 0 radical (unpaired) electrons. The van der Waals surface area contributed by atoms with E-state index in [1.54, 1.807) is 0 Å². The number of thiol groups is 1. The summed E-state index contributed by atoms with van der Waals surface area (Å²) in [5.74, 6) is 0.843. The normalized spacial score (nSPS) is 11.2. The molecule has 3 heteroatoms. The lowest BCUT2D eigenvalue weighted by Gasteiger charge is -2.08. The van der Waals surface area contributed by atoms with Gasteiger partial charge in [0.2, 0.25) is 0 Å². The Hall–Kier alpha value is -0.200. The summed E-state index contributed by atoms with van der Waals surface area (Å²) in [5, 5.41) is 8.63. The molecule has 0 saturated heterocycles. The fraction of sp³-hybridized carbons (Fsp3) is 0.929. The Balaban J connectivity index is 0. The van der Waals surface area contributed by atoms with Gasteiger partial charge in [-0.15, -0.1) is 0 Å². The van der Waals surface area contributed by atoms with Gasteiger partial charge < -0.3 is 5.73 Å². The van der Waals surface area contributed by atoms with Gasteiger partial charge in [0.05, 0.1) is 0 Å². The van der Waals surface area contributed by atoms with Crippen LogP contribution in [-0.4, -0.2) is 6.54 Å². The van der Waals surface area contributed by atoms with Gasteiger partial charge in [-0.2, -0.15) is 5.26 Å². The first-order valence-electron chi connectivity index (χ1n) is 6.96. The summed E-state index contributed by atoms with van der Waals surface area (Å²) in [5.41, 5.74) is 5.51. The molecule has 0 aromatic carbocycles. The van der Waals surface area contributed by atoms with Crippen molar-refractivity contribution in [1.29, 1.82) is 5.26 Å². The van der Waals surface area contributed by atoms with Gasteiger partial charge in [-0.05, 0) is 18.9 Å². The summed E-state index contributed by atoms with van der Waals surface area (Å²) >= 11 is 3.09. The van der Waals surface area contributed by atoms with E-state index in [4.69, 9.17) is 11.0 Å². The monoisotopic (exact) mass is 258 g/mol. The zero-order valence-corrected chi connectivity index (χ0v) is 12.5. The summed E-state index contributed by atoms with van der Waals surface area (Å²) in [7, 11) is 0. The minimum absolute atomic E-state index is 0.843. The van der Waals surface area contributed by atoms with E-state index in [0.29, 0.717) is 0 Å². The fourth-order valence-corrected chi connectivity index (χ4v) is 1.88. The Bertz CT molecular complexity index is 166. The predicted molar refractivity (Wildman–Crippen MR) is 80.0 cm³/mol. The van der Waals surface area contributed by atoms with Crippen LogP contribution in [0.2, 0.25) is 0 Å². The molecule has 102 valence electrons. The van der Waals surface area contributed by atoms with Crippen LogP contribution in [0.4, 0.5) is 0 Å². The van der Waals surface area contributed by atoms with Crippen LogP contribution in [0, 0.1) is 16.6 Å². The molecule has 2 N–H and O–H groups in total. The average molecular weight is 258 g/mol. The molecule has 0 aliphatic heterocycles. The molecule has 0 fully saturated rings. The van der Waals surface area contributed by atoms with Gasteiger partial charge in [-0.25, -0.2) is 0 Å². The number of hydrogen-bond donors (Lipinski definition) is 2. The molecular weight excluding hydrogens is 228 g/mol. The quantitative estimate of drug-likeness (QED) is 0.344. The summed E-state index contributed by atoms with van der Waals surface area (Å²) in [4.78, 5) is 0. The standard InChI is InChI=1S/C13H29N.CHNS/c1-3-4-5-6-7-8-9-10-13(2)11-12-14;2-1-3/h13H,3-12,14H2,1-2H3;3H. The van der Waals surface area contributed by atoms with Crippen LogP contribution < -0.4 is 5.73 Å². The van der Waals surface area contributed by atoms with Gasteiger partial charge in [-0.3, -0.25) is 0 Å². The van der Waals surface area contributed by atoms with Gasteiger partial charge in [0.25, 0.3) is 0 Å². The minimum Gasteiger partial charge on any atom is -0.330 e. The van der Waals surface area contributed by atoms with Crippen LogP contribution in [0.25, 0.3) is 0 Å². The van der Waals surface area contributed by atoms with Crippen molar-refractivity contribution in [3.8, 4) is 5.40 Å². The van der Waals surface area contributed by atoms with Crippen LogP contribution in [0.3, 0.4) is 0 Å². The van der Waals surface area contributed by atoms with Crippen LogP contribution in [0.1, 0.15) is 71.6 Å². The Kier molecular flexibility index (Phi) is 20.5. The van der Waals surface area contributed by atoms with Crippen molar-refractivity contribution in [3.63, 3.8) is 0 Å². The number of hydrogen-bond acceptors (Lipinski definition) is 3. The fourth-order valence-electron chi connectivity index (χ4n) is 1.88. The maximum absolute atomic E-state index is 7.18. The van der Waals surface area contributed by atoms with Gasteiger partial charge in [0.1, 0.15) is 5.40 Å². The van der Waals surface area contributed by atoms with Crippen LogP contribution >= 0.6 is 12.6 Å². The van der Waals surface area contributed by atoms with E-state index in [9.17, 15) is 0 Å². The first-order chi connectivity index (χ1) is 8.22. The second-order valence-corrected chi connectivity index (χ2v) is 4.89. The molecule has 0 rings (SSSR count). The third-order valence-electron chi connectivity index (χ3n) is 2.96. The molecule has 17 heavy (non-hydrogen) atoms. The van der Waals surface area contributed by atoms with Crippen molar-refractivity contribution in [2.75, 3.05) is 6.54 Å². The third kappa shape index (κ3) is 21.6. The molecule has 0 spiro atoms. The molecule has 0 bridgehead atoms. The topological polar surface area (TPSA) is 49.8 Å². The predicted octanol–water partition coefficient (Wildman–Crippen LogP) is 4.51. The number of unbranched alkanes of at least 4 members (excludes halogenated alkanes) is 6. The van der Waals surface area contributed by atoms with E-state index in [1.807, 2.05) is 0 Å². The molecule has 1 unspecified atom stereocenters. The van der Waals surface area contributed by atoms with Crippen LogP contribution in [-0.2, 0) is 0 Å². The highest BCUT2D eigenvalue weighted by Crippen LogP contribution is 2.14. The smallest absolute Gasteiger partial charge is 0.130 e. The minimum atomic E-state index is 0.843. The van der Waals surface area contributed by atoms with Crippen molar-refractivity contribution in [2.24, 2.45) is 11.7 Å². The number of rotatable bonds is 10. The number of thiocyanates is 1. The molecule has 0 heterocycles. The zero-order chi connectivity index (χ0) is 13.4. The average Bonchev–Trinajstić information content (AvgIpc) is 2.29. The van der Waals surface area contributed by atoms with Crippen LogP contribution in [0.5, 0.6) is 0 Å². The lowest BCUT2D eigenvalue weighted by atomic mass is 9.99. The number of nitrogens with two attached hydrogens (primary N) is 1. The molecule has 0 aliphatic rings. The van der Waals surface area contributed by atoms with E-state index in [-0.39, 0.29) is 0 Å². The molecule has 0 amide bonds. The number of nitrogens with zero attached hydrogens (tertiary/aromatic N) is 1. The number of nitriles is 1. The van der Waals surface area contributed by atoms with Crippen molar-refractivity contribution in [2.45, 2.75) is 71.6 Å². The second-order valence-electron chi connectivity index (χ2n) is 4.69. The molecule has 0 aromatic rings. The molecule has 0 saturated carbocycles. The Morgan fingerprint density at radius 3 is 2.00 bits per heavy atom. The van der Waals surface area contributed by atoms with Crippen molar-refractivity contribution < 1.29 is 0 Å². The third-order valence-corrected chi connectivity index (χ3v) is 2.96. The molecule has 1 atom stereocenters. The van der Waals surface area contributed by atoms with Crippen molar-refractivity contribution in [1.82, 2.24) is 0 Å². The van der Waals surface area contributed by atoms with E-state index in [2.05, 4.69) is 26.5 Å². The second kappa shape index (κ2) is 18.2. The Morgan fingerprint density at radius 1 is 1.06 bits per heavy atom. The maximum Gasteiger partial charge on any atom is 0.130 e. The molecule has 2 nitrogen and oxygen atoms in total. The summed E-state index contributed by atoms with van der Waals surface area (Å²) in [6.45, 7) is 5.45. The first-order valence-corrected chi connectivity index (χ1v) is 7.40. The van der Waals surface area contributed by atoms with E-state index in [1.165, 1.54) is 63.2 Å². The highest BCUT2D eigenvalue weighted by molar-refractivity contribution is 7.85. The molecule has 0 aliphatic carbocycles. The lowest BCUT2D eigenvalue weighted by Crippen LogP contribution is -2.05. The molecular formula is C14H30N2S. The highest BCUT2D eigenvalue weighted by atomic mass is 32.1. The highest BCUT2D eigenvalue weighted by Gasteiger charge is 1.99. The summed E-state index contributed by atoms with van der Waals surface area (Å²) in [6.07, 6.45) is 12.5. The van der Waals surface area contributed by atoms with Crippen molar-refractivity contribution in [3.05, 3.63) is 0 Å². The van der Waals surface area contributed by atoms with E-state index >= 15 is 0 Å². The van der Waals surface area contributed by atoms with E-state index in [0.717, 1.165) is 12.5 Å². The van der Waals surface area contributed by atoms with Crippen LogP contribution in [0.15, 0.2) is 0 Å². The maximum atomic E-state index is 7.18.